The molecule has 0 unspecified atom stereocenters. The molecule has 0 spiro atoms. The van der Waals surface area contributed by atoms with E-state index in [9.17, 15) is 4.79 Å². The first kappa shape index (κ1) is 19.8. The summed E-state index contributed by atoms with van der Waals surface area (Å²) in [5.74, 6) is 0.478. The van der Waals surface area contributed by atoms with Crippen molar-refractivity contribution >= 4 is 5.78 Å². The Bertz CT molecular complexity index is 640. The SMILES string of the molecule is CC1(C)OC[C@H]([C@@]2(C)CC[C@@H]3[C@@]4(C)CCCC(C)(C)[C@@H]4CC(=O)[C@@]3(C)O2)O1. The topological polar surface area (TPSA) is 44.8 Å². The third kappa shape index (κ3) is 2.85. The molecule has 0 aromatic rings. The monoisotopic (exact) mass is 378 g/mol. The molecule has 0 radical (unpaired) electrons. The maximum absolute atomic E-state index is 13.5. The summed E-state index contributed by atoms with van der Waals surface area (Å²) in [5.41, 5.74) is -0.765. The van der Waals surface area contributed by atoms with Crippen LogP contribution < -0.4 is 0 Å². The molecule has 4 rings (SSSR count). The molecule has 4 fully saturated rings. The summed E-state index contributed by atoms with van der Waals surface area (Å²) in [6.45, 7) is 15.8. The van der Waals surface area contributed by atoms with E-state index in [2.05, 4.69) is 34.6 Å². The van der Waals surface area contributed by atoms with Crippen molar-refractivity contribution in [3.8, 4) is 0 Å². The van der Waals surface area contributed by atoms with E-state index in [0.717, 1.165) is 12.8 Å². The van der Waals surface area contributed by atoms with E-state index in [1.807, 2.05) is 13.8 Å². The van der Waals surface area contributed by atoms with E-state index in [-0.39, 0.29) is 16.9 Å². The molecule has 154 valence electrons. The van der Waals surface area contributed by atoms with Crippen molar-refractivity contribution in [1.29, 1.82) is 0 Å². The van der Waals surface area contributed by atoms with Crippen LogP contribution in [0.3, 0.4) is 0 Å². The van der Waals surface area contributed by atoms with Crippen molar-refractivity contribution in [2.75, 3.05) is 6.61 Å². The van der Waals surface area contributed by atoms with Crippen LogP contribution in [0.1, 0.15) is 87.0 Å². The number of carbonyl (C=O) groups is 1. The summed E-state index contributed by atoms with van der Waals surface area (Å²) in [5, 5.41) is 0. The normalized spacial score (nSPS) is 51.5. The number of rotatable bonds is 1. The molecule has 0 amide bonds. The van der Waals surface area contributed by atoms with Crippen molar-refractivity contribution in [3.63, 3.8) is 0 Å². The Hall–Kier alpha value is -0.450. The Morgan fingerprint density at radius 2 is 1.63 bits per heavy atom. The zero-order chi connectivity index (χ0) is 19.9. The summed E-state index contributed by atoms with van der Waals surface area (Å²) >= 11 is 0. The lowest BCUT2D eigenvalue weighted by Gasteiger charge is -2.64. The highest BCUT2D eigenvalue weighted by Crippen LogP contribution is 2.65. The fourth-order valence-corrected chi connectivity index (χ4v) is 7.22. The maximum Gasteiger partial charge on any atom is 0.164 e. The van der Waals surface area contributed by atoms with Crippen molar-refractivity contribution in [3.05, 3.63) is 0 Å². The fraction of sp³-hybridized carbons (Fsp3) is 0.957. The van der Waals surface area contributed by atoms with Crippen LogP contribution in [0.4, 0.5) is 0 Å². The van der Waals surface area contributed by atoms with Gasteiger partial charge >= 0.3 is 0 Å². The average Bonchev–Trinajstić information content (AvgIpc) is 2.90. The van der Waals surface area contributed by atoms with Crippen LogP contribution in [0.15, 0.2) is 0 Å². The van der Waals surface area contributed by atoms with Crippen molar-refractivity contribution in [2.45, 2.75) is 110 Å². The second-order valence-corrected chi connectivity index (χ2v) is 11.5. The van der Waals surface area contributed by atoms with Crippen LogP contribution >= 0.6 is 0 Å². The summed E-state index contributed by atoms with van der Waals surface area (Å²) in [4.78, 5) is 13.5. The van der Waals surface area contributed by atoms with Gasteiger partial charge in [0.25, 0.3) is 0 Å². The van der Waals surface area contributed by atoms with Crippen LogP contribution in [0.25, 0.3) is 0 Å². The van der Waals surface area contributed by atoms with Crippen LogP contribution in [-0.4, -0.2) is 35.5 Å². The standard InChI is InChI=1S/C23H38O4/c1-19(2)10-8-11-21(5)15-9-12-22(6,18-14-25-20(3,4)26-18)27-23(15,7)17(24)13-16(19)21/h15-16,18H,8-14H2,1-7H3/t15-,16+,18-,21-,22-,23+/m1/s1. The van der Waals surface area contributed by atoms with Gasteiger partial charge in [0.05, 0.1) is 12.2 Å². The third-order valence-corrected chi connectivity index (χ3v) is 8.74. The lowest BCUT2D eigenvalue weighted by atomic mass is 9.44. The highest BCUT2D eigenvalue weighted by molar-refractivity contribution is 5.89. The summed E-state index contributed by atoms with van der Waals surface area (Å²) in [6, 6.07) is 0. The van der Waals surface area contributed by atoms with Gasteiger partial charge in [-0.1, -0.05) is 27.2 Å². The Morgan fingerprint density at radius 3 is 2.26 bits per heavy atom. The lowest BCUT2D eigenvalue weighted by Crippen LogP contribution is -2.68. The van der Waals surface area contributed by atoms with Gasteiger partial charge in [-0.2, -0.15) is 0 Å². The smallest absolute Gasteiger partial charge is 0.164 e. The summed E-state index contributed by atoms with van der Waals surface area (Å²) in [7, 11) is 0. The van der Waals surface area contributed by atoms with E-state index >= 15 is 0 Å². The van der Waals surface area contributed by atoms with Gasteiger partial charge in [0.15, 0.2) is 11.6 Å². The molecule has 4 nitrogen and oxygen atoms in total. The van der Waals surface area contributed by atoms with Crippen molar-refractivity contribution < 1.29 is 19.0 Å². The Morgan fingerprint density at radius 1 is 0.926 bits per heavy atom. The number of hydrogen-bond donors (Lipinski definition) is 0. The highest BCUT2D eigenvalue weighted by atomic mass is 16.8. The number of Topliss-reactive ketones (excluding diaryl/α,β-unsaturated/α-hetero) is 1. The number of hydrogen-bond acceptors (Lipinski definition) is 4. The maximum atomic E-state index is 13.5. The van der Waals surface area contributed by atoms with E-state index in [4.69, 9.17) is 14.2 Å². The first-order valence-electron chi connectivity index (χ1n) is 10.9. The minimum absolute atomic E-state index is 0.119. The van der Waals surface area contributed by atoms with Gasteiger partial charge in [-0.25, -0.2) is 0 Å². The number of ketones is 1. The van der Waals surface area contributed by atoms with Gasteiger partial charge in [0, 0.05) is 12.3 Å². The van der Waals surface area contributed by atoms with Crippen LogP contribution in [0, 0.1) is 22.7 Å². The molecule has 2 aliphatic carbocycles. The van der Waals surface area contributed by atoms with E-state index < -0.39 is 17.0 Å². The van der Waals surface area contributed by atoms with Gasteiger partial charge in [0.1, 0.15) is 11.7 Å². The van der Waals surface area contributed by atoms with Crippen molar-refractivity contribution in [1.82, 2.24) is 0 Å². The van der Waals surface area contributed by atoms with Gasteiger partial charge in [-0.15, -0.1) is 0 Å². The molecule has 0 aromatic carbocycles. The van der Waals surface area contributed by atoms with Crippen LogP contribution in [0.2, 0.25) is 0 Å². The zero-order valence-corrected chi connectivity index (χ0v) is 18.3. The molecular weight excluding hydrogens is 340 g/mol. The van der Waals surface area contributed by atoms with Crippen molar-refractivity contribution in [2.24, 2.45) is 22.7 Å². The largest absolute Gasteiger partial charge is 0.358 e. The van der Waals surface area contributed by atoms with E-state index in [1.54, 1.807) is 0 Å². The van der Waals surface area contributed by atoms with Gasteiger partial charge in [-0.3, -0.25) is 4.79 Å². The summed E-state index contributed by atoms with van der Waals surface area (Å²) in [6.07, 6.45) is 6.18. The zero-order valence-electron chi connectivity index (χ0n) is 18.3. The molecule has 0 bridgehead atoms. The van der Waals surface area contributed by atoms with Crippen LogP contribution in [-0.2, 0) is 19.0 Å². The minimum atomic E-state index is -0.707. The number of fused-ring (bicyclic) bond motifs is 3. The quantitative estimate of drug-likeness (QED) is 0.652. The first-order chi connectivity index (χ1) is 12.3. The summed E-state index contributed by atoms with van der Waals surface area (Å²) < 4.78 is 18.8. The Labute approximate surface area is 164 Å². The predicted octanol–water partition coefficient (Wildman–Crippen LogP) is 4.89. The second-order valence-electron chi connectivity index (χ2n) is 11.5. The van der Waals surface area contributed by atoms with Gasteiger partial charge in [-0.05, 0) is 70.1 Å². The molecule has 2 saturated carbocycles. The van der Waals surface area contributed by atoms with E-state index in [0.29, 0.717) is 30.6 Å². The number of ether oxygens (including phenoxy) is 3. The first-order valence-corrected chi connectivity index (χ1v) is 10.9. The fourth-order valence-electron chi connectivity index (χ4n) is 7.22. The third-order valence-electron chi connectivity index (χ3n) is 8.74. The Balaban J connectivity index is 1.65. The highest BCUT2D eigenvalue weighted by Gasteiger charge is 2.66. The average molecular weight is 379 g/mol. The molecular formula is C23H38O4. The van der Waals surface area contributed by atoms with Gasteiger partial charge < -0.3 is 14.2 Å². The van der Waals surface area contributed by atoms with Gasteiger partial charge in [0.2, 0.25) is 0 Å². The minimum Gasteiger partial charge on any atom is -0.358 e. The molecule has 4 aliphatic rings. The second kappa shape index (κ2) is 5.79. The molecule has 2 heterocycles. The molecule has 0 aromatic heterocycles. The molecule has 0 N–H and O–H groups in total. The molecule has 27 heavy (non-hydrogen) atoms. The molecule has 2 saturated heterocycles. The lowest BCUT2D eigenvalue weighted by molar-refractivity contribution is -0.275. The van der Waals surface area contributed by atoms with Crippen LogP contribution in [0.5, 0.6) is 0 Å². The predicted molar refractivity (Wildman–Crippen MR) is 104 cm³/mol. The molecule has 6 atom stereocenters. The molecule has 4 heteroatoms. The Kier molecular flexibility index (Phi) is 4.26. The van der Waals surface area contributed by atoms with E-state index in [1.165, 1.54) is 19.3 Å². The molecule has 2 aliphatic heterocycles. The number of carbonyl (C=O) groups excluding carboxylic acids is 1.